The predicted molar refractivity (Wildman–Crippen MR) is 143 cm³/mol. The molecule has 4 heteroatoms. The topological polar surface area (TPSA) is 80.3 Å². The summed E-state index contributed by atoms with van der Waals surface area (Å²) in [7, 11) is 0. The lowest BCUT2D eigenvalue weighted by molar-refractivity contribution is -0.343. The van der Waals surface area contributed by atoms with E-state index in [9.17, 15) is 19.8 Å². The smallest absolute Gasteiger partial charge is 0.0575 e. The SMILES string of the molecule is O=C([O-])C(Cc1c2ccccc2cc2ccccc12)(Cc1c2ccccc2cc2ccccc12)C(=O)[O-]. The maximum absolute atomic E-state index is 12.9. The van der Waals surface area contributed by atoms with Gasteiger partial charge in [0.15, 0.2) is 0 Å². The van der Waals surface area contributed by atoms with Crippen molar-refractivity contribution in [2.75, 3.05) is 0 Å². The Morgan fingerprint density at radius 1 is 0.486 bits per heavy atom. The quantitative estimate of drug-likeness (QED) is 0.257. The lowest BCUT2D eigenvalue weighted by atomic mass is 9.73. The molecule has 0 saturated carbocycles. The molecule has 4 nitrogen and oxygen atoms in total. The second kappa shape index (κ2) is 8.75. The van der Waals surface area contributed by atoms with Gasteiger partial charge in [-0.3, -0.25) is 0 Å². The zero-order valence-corrected chi connectivity index (χ0v) is 19.9. The Hall–Kier alpha value is -4.70. The van der Waals surface area contributed by atoms with Gasteiger partial charge in [0.1, 0.15) is 0 Å². The number of benzene rings is 6. The molecule has 0 saturated heterocycles. The van der Waals surface area contributed by atoms with E-state index in [0.29, 0.717) is 11.1 Å². The summed E-state index contributed by atoms with van der Waals surface area (Å²) in [4.78, 5) is 25.8. The summed E-state index contributed by atoms with van der Waals surface area (Å²) < 4.78 is 0. The summed E-state index contributed by atoms with van der Waals surface area (Å²) in [6.45, 7) is 0. The number of carboxylic acids is 2. The number of rotatable bonds is 6. The first kappa shape index (κ1) is 22.7. The van der Waals surface area contributed by atoms with Gasteiger partial charge in [0.2, 0.25) is 0 Å². The predicted octanol–water partition coefficient (Wildman–Crippen LogP) is 4.57. The molecule has 37 heavy (non-hydrogen) atoms. The van der Waals surface area contributed by atoms with E-state index in [-0.39, 0.29) is 12.8 Å². The number of aliphatic carboxylic acids is 2. The molecule has 0 aliphatic rings. The monoisotopic (exact) mass is 482 g/mol. The highest BCUT2D eigenvalue weighted by molar-refractivity contribution is 6.07. The van der Waals surface area contributed by atoms with E-state index in [1.807, 2.05) is 109 Å². The molecule has 0 bridgehead atoms. The summed E-state index contributed by atoms with van der Waals surface area (Å²) in [5, 5.41) is 32.7. The van der Waals surface area contributed by atoms with Crippen LogP contribution >= 0.6 is 0 Å². The summed E-state index contributed by atoms with van der Waals surface area (Å²) in [5.74, 6) is -3.30. The molecule has 6 aromatic rings. The standard InChI is InChI=1S/C33H24O4/c34-31(35)33(32(36)37,19-29-25-13-5-1-9-21(25)17-22-10-2-6-14-26(22)29)20-30-27-15-7-3-11-23(27)18-24-12-4-8-16-28(24)30/h1-18H,19-20H2,(H,34,35)(H,36,37)/p-2. The Bertz CT molecular complexity index is 1610. The largest absolute Gasteiger partial charge is 0.549 e. The van der Waals surface area contributed by atoms with Crippen molar-refractivity contribution in [1.29, 1.82) is 0 Å². The first-order chi connectivity index (χ1) is 18.0. The van der Waals surface area contributed by atoms with Gasteiger partial charge >= 0.3 is 0 Å². The van der Waals surface area contributed by atoms with Gasteiger partial charge in [-0.1, -0.05) is 97.1 Å². The van der Waals surface area contributed by atoms with Crippen molar-refractivity contribution in [2.24, 2.45) is 5.41 Å². The van der Waals surface area contributed by atoms with Crippen LogP contribution < -0.4 is 10.2 Å². The summed E-state index contributed by atoms with van der Waals surface area (Å²) in [5.41, 5.74) is -0.974. The minimum atomic E-state index is -2.29. The van der Waals surface area contributed by atoms with Gasteiger partial charge < -0.3 is 19.8 Å². The Kier molecular flexibility index (Phi) is 5.38. The van der Waals surface area contributed by atoms with Crippen LogP contribution in [0.25, 0.3) is 43.1 Å². The summed E-state index contributed by atoms with van der Waals surface area (Å²) in [6.07, 6.45) is -0.534. The van der Waals surface area contributed by atoms with E-state index < -0.39 is 17.4 Å². The van der Waals surface area contributed by atoms with E-state index in [4.69, 9.17) is 0 Å². The zero-order valence-electron chi connectivity index (χ0n) is 19.9. The van der Waals surface area contributed by atoms with Crippen molar-refractivity contribution in [3.8, 4) is 0 Å². The van der Waals surface area contributed by atoms with Crippen molar-refractivity contribution in [2.45, 2.75) is 12.8 Å². The highest BCUT2D eigenvalue weighted by atomic mass is 16.4. The molecule has 0 unspecified atom stereocenters. The Morgan fingerprint density at radius 3 is 1.03 bits per heavy atom. The average Bonchev–Trinajstić information content (AvgIpc) is 2.91. The van der Waals surface area contributed by atoms with Crippen LogP contribution in [0.3, 0.4) is 0 Å². The molecule has 0 amide bonds. The van der Waals surface area contributed by atoms with Gasteiger partial charge in [0.25, 0.3) is 0 Å². The minimum Gasteiger partial charge on any atom is -0.549 e. The van der Waals surface area contributed by atoms with Crippen LogP contribution in [0.4, 0.5) is 0 Å². The van der Waals surface area contributed by atoms with Gasteiger partial charge in [-0.25, -0.2) is 0 Å². The fraction of sp³-hybridized carbons (Fsp3) is 0.0909. The molecular weight excluding hydrogens is 460 g/mol. The highest BCUT2D eigenvalue weighted by Crippen LogP contribution is 2.39. The van der Waals surface area contributed by atoms with Gasteiger partial charge in [0.05, 0.1) is 17.4 Å². The fourth-order valence-corrected chi connectivity index (χ4v) is 5.63. The Balaban J connectivity index is 1.63. The molecule has 0 atom stereocenters. The normalized spacial score (nSPS) is 11.9. The Labute approximate surface area is 213 Å². The maximum Gasteiger partial charge on any atom is 0.0575 e. The third-order valence-electron chi connectivity index (χ3n) is 7.50. The van der Waals surface area contributed by atoms with Crippen LogP contribution in [-0.2, 0) is 22.4 Å². The number of fused-ring (bicyclic) bond motifs is 4. The lowest BCUT2D eigenvalue weighted by Gasteiger charge is -2.37. The van der Waals surface area contributed by atoms with Crippen LogP contribution in [-0.4, -0.2) is 11.9 Å². The molecule has 0 N–H and O–H groups in total. The molecule has 6 rings (SSSR count). The number of carbonyl (C=O) groups excluding carboxylic acids is 2. The molecule has 0 heterocycles. The highest BCUT2D eigenvalue weighted by Gasteiger charge is 2.36. The van der Waals surface area contributed by atoms with Gasteiger partial charge in [-0.15, -0.1) is 0 Å². The molecular formula is C33H22O4-2. The maximum atomic E-state index is 12.9. The molecule has 180 valence electrons. The van der Waals surface area contributed by atoms with Crippen molar-refractivity contribution < 1.29 is 19.8 Å². The van der Waals surface area contributed by atoms with Crippen LogP contribution in [0.1, 0.15) is 11.1 Å². The van der Waals surface area contributed by atoms with Crippen molar-refractivity contribution in [3.63, 3.8) is 0 Å². The van der Waals surface area contributed by atoms with Crippen molar-refractivity contribution in [3.05, 3.63) is 120 Å². The minimum absolute atomic E-state index is 0.267. The second-order valence-electron chi connectivity index (χ2n) is 9.61. The van der Waals surface area contributed by atoms with Gasteiger partial charge in [-0.05, 0) is 79.2 Å². The molecule has 0 spiro atoms. The van der Waals surface area contributed by atoms with E-state index in [1.54, 1.807) is 0 Å². The number of hydrogen-bond acceptors (Lipinski definition) is 4. The van der Waals surface area contributed by atoms with E-state index in [0.717, 1.165) is 43.1 Å². The average molecular weight is 483 g/mol. The molecule has 6 aromatic carbocycles. The van der Waals surface area contributed by atoms with Crippen LogP contribution in [0.2, 0.25) is 0 Å². The van der Waals surface area contributed by atoms with Crippen LogP contribution in [0.15, 0.2) is 109 Å². The van der Waals surface area contributed by atoms with E-state index >= 15 is 0 Å². The third-order valence-corrected chi connectivity index (χ3v) is 7.50. The number of carbonyl (C=O) groups is 2. The molecule has 0 radical (unpaired) electrons. The summed E-state index contributed by atoms with van der Waals surface area (Å²) in [6, 6.07) is 34.6. The summed E-state index contributed by atoms with van der Waals surface area (Å²) >= 11 is 0. The molecule has 0 aliphatic carbocycles. The van der Waals surface area contributed by atoms with Crippen molar-refractivity contribution >= 4 is 55.0 Å². The van der Waals surface area contributed by atoms with Crippen molar-refractivity contribution in [1.82, 2.24) is 0 Å². The third kappa shape index (κ3) is 3.69. The number of hydrogen-bond donors (Lipinski definition) is 0. The molecule has 0 fully saturated rings. The lowest BCUT2D eigenvalue weighted by Crippen LogP contribution is -2.56. The first-order valence-electron chi connectivity index (χ1n) is 12.2. The van der Waals surface area contributed by atoms with E-state index in [2.05, 4.69) is 0 Å². The molecule has 0 aromatic heterocycles. The fourth-order valence-electron chi connectivity index (χ4n) is 5.63. The van der Waals surface area contributed by atoms with Gasteiger partial charge in [-0.2, -0.15) is 0 Å². The van der Waals surface area contributed by atoms with Gasteiger partial charge in [0, 0.05) is 0 Å². The first-order valence-corrected chi connectivity index (χ1v) is 12.2. The van der Waals surface area contributed by atoms with Crippen LogP contribution in [0.5, 0.6) is 0 Å². The number of carboxylic acid groups (broad SMARTS) is 2. The van der Waals surface area contributed by atoms with E-state index in [1.165, 1.54) is 0 Å². The second-order valence-corrected chi connectivity index (χ2v) is 9.61. The molecule has 0 aliphatic heterocycles. The zero-order chi connectivity index (χ0) is 25.6. The van der Waals surface area contributed by atoms with Crippen LogP contribution in [0, 0.1) is 5.41 Å². The Morgan fingerprint density at radius 2 is 0.757 bits per heavy atom.